The highest BCUT2D eigenvalue weighted by Crippen LogP contribution is 2.44. The number of esters is 2. The van der Waals surface area contributed by atoms with Crippen molar-refractivity contribution in [1.29, 1.82) is 0 Å². The van der Waals surface area contributed by atoms with Crippen molar-refractivity contribution in [3.8, 4) is 0 Å². The van der Waals surface area contributed by atoms with Crippen molar-refractivity contribution >= 4 is 57.8 Å². The van der Waals surface area contributed by atoms with Gasteiger partial charge in [0.25, 0.3) is 0 Å². The number of carbonyl (C=O) groups is 2. The van der Waals surface area contributed by atoms with Crippen LogP contribution in [0.4, 0.5) is 17.1 Å². The summed E-state index contributed by atoms with van der Waals surface area (Å²) >= 11 is 12.6. The van der Waals surface area contributed by atoms with E-state index in [2.05, 4.69) is 10.6 Å². The van der Waals surface area contributed by atoms with Gasteiger partial charge in [-0.25, -0.2) is 9.78 Å². The highest BCUT2D eigenvalue weighted by atomic mass is 35.5. The van der Waals surface area contributed by atoms with Crippen LogP contribution in [-0.2, 0) is 44.4 Å². The number of nitrogens with one attached hydrogen (secondary N) is 2. The van der Waals surface area contributed by atoms with Gasteiger partial charge < -0.3 is 43.5 Å². The molecule has 3 heterocycles. The van der Waals surface area contributed by atoms with Crippen LogP contribution >= 0.6 is 23.2 Å². The lowest BCUT2D eigenvalue weighted by Gasteiger charge is -2.40. The molecule has 0 amide bonds. The molecule has 0 radical (unpaired) electrons. The minimum absolute atomic E-state index is 0.0367. The van der Waals surface area contributed by atoms with Crippen molar-refractivity contribution < 1.29 is 38.0 Å². The zero-order valence-corrected chi connectivity index (χ0v) is 32.4. The number of hydrogen-bond donors (Lipinski definition) is 2. The molecule has 0 saturated carbocycles. The van der Waals surface area contributed by atoms with Gasteiger partial charge in [0.15, 0.2) is 11.8 Å². The topological polar surface area (TPSA) is 131 Å². The lowest BCUT2D eigenvalue weighted by atomic mass is 9.88. The van der Waals surface area contributed by atoms with Crippen molar-refractivity contribution in [2.24, 2.45) is 0 Å². The van der Waals surface area contributed by atoms with E-state index in [0.29, 0.717) is 34.6 Å². The van der Waals surface area contributed by atoms with Gasteiger partial charge in [-0.05, 0) is 49.2 Å². The second-order valence-electron chi connectivity index (χ2n) is 12.8. The molecule has 55 heavy (non-hydrogen) atoms. The van der Waals surface area contributed by atoms with Crippen molar-refractivity contribution in [1.82, 2.24) is 9.38 Å². The van der Waals surface area contributed by atoms with Crippen LogP contribution in [0, 0.1) is 13.8 Å². The zero-order chi connectivity index (χ0) is 38.7. The number of para-hydroxylation sites is 2. The Morgan fingerprint density at radius 3 is 2.35 bits per heavy atom. The second kappa shape index (κ2) is 19.3. The van der Waals surface area contributed by atoms with Gasteiger partial charge >= 0.3 is 11.9 Å². The van der Waals surface area contributed by atoms with Crippen LogP contribution in [-0.4, -0.2) is 80.8 Å². The molecule has 2 aromatic heterocycles. The average molecular weight is 792 g/mol. The first-order chi connectivity index (χ1) is 26.7. The van der Waals surface area contributed by atoms with E-state index in [-0.39, 0.29) is 39.5 Å². The number of benzene rings is 3. The Morgan fingerprint density at radius 1 is 0.836 bits per heavy atom. The number of carbonyl (C=O) groups excluding carboxylic acids is 2. The number of methoxy groups -OCH3 is 1. The van der Waals surface area contributed by atoms with Gasteiger partial charge in [0.1, 0.15) is 19.3 Å². The van der Waals surface area contributed by atoms with Gasteiger partial charge in [-0.2, -0.15) is 0 Å². The number of imidazole rings is 1. The Kier molecular flexibility index (Phi) is 14.0. The van der Waals surface area contributed by atoms with Crippen molar-refractivity contribution in [2.75, 3.05) is 64.0 Å². The van der Waals surface area contributed by atoms with E-state index in [1.54, 1.807) is 25.3 Å². The molecule has 6 rings (SSSR count). The van der Waals surface area contributed by atoms with E-state index < -0.39 is 30.2 Å². The number of pyridine rings is 1. The molecule has 3 aromatic carbocycles. The summed E-state index contributed by atoms with van der Waals surface area (Å²) in [6.45, 7) is 4.90. The van der Waals surface area contributed by atoms with E-state index in [1.807, 2.05) is 85.1 Å². The maximum atomic E-state index is 13.3. The Balaban J connectivity index is 0.990. The normalized spacial score (nSPS) is 16.3. The van der Waals surface area contributed by atoms with Crippen LogP contribution in [0.2, 0.25) is 10.0 Å². The molecule has 0 fully saturated rings. The summed E-state index contributed by atoms with van der Waals surface area (Å²) in [5.74, 6) is -0.967. The Bertz CT molecular complexity index is 2060. The first-order valence-corrected chi connectivity index (χ1v) is 18.7. The van der Waals surface area contributed by atoms with Crippen LogP contribution < -0.4 is 10.6 Å². The lowest BCUT2D eigenvalue weighted by molar-refractivity contribution is -0.167. The van der Waals surface area contributed by atoms with Gasteiger partial charge in [-0.1, -0.05) is 77.8 Å². The summed E-state index contributed by atoms with van der Waals surface area (Å²) in [7, 11) is 1.61. The number of ether oxygens (including phenoxy) is 6. The molecule has 14 heteroatoms. The molecule has 12 nitrogen and oxygen atoms in total. The maximum absolute atomic E-state index is 13.3. The molecule has 0 spiro atoms. The zero-order valence-electron chi connectivity index (χ0n) is 30.9. The highest BCUT2D eigenvalue weighted by molar-refractivity contribution is 6.39. The standard InChI is InChI=1S/C41H44Cl2N4O8/c1-26-27(2)47-17-16-30-37(41(47)44-26)46-36(28-10-5-4-6-11-28)40(39(30)54-22-18-50-3)55-35(49)25-52-20-19-51-21-23-53-34(48)24-29-12-7-8-15-33(29)45-38-31(42)13-9-14-32(38)43/h4-17,36,39-40,45-46H,18-25H2,1-3H3/t36-,39-,40-/m1/s1. The second-order valence-corrected chi connectivity index (χ2v) is 13.6. The van der Waals surface area contributed by atoms with E-state index in [4.69, 9.17) is 56.6 Å². The minimum Gasteiger partial charge on any atom is -0.463 e. The largest absolute Gasteiger partial charge is 0.463 e. The number of hydrogen-bond acceptors (Lipinski definition) is 11. The van der Waals surface area contributed by atoms with Gasteiger partial charge in [0.05, 0.1) is 72.6 Å². The number of anilines is 3. The first kappa shape index (κ1) is 40.0. The minimum atomic E-state index is -0.731. The monoisotopic (exact) mass is 790 g/mol. The summed E-state index contributed by atoms with van der Waals surface area (Å²) < 4.78 is 36.4. The molecule has 2 N–H and O–H groups in total. The summed E-state index contributed by atoms with van der Waals surface area (Å²) in [5, 5.41) is 7.77. The predicted molar refractivity (Wildman–Crippen MR) is 210 cm³/mol. The molecule has 0 unspecified atom stereocenters. The molecule has 290 valence electrons. The summed E-state index contributed by atoms with van der Waals surface area (Å²) in [6.07, 6.45) is 0.653. The summed E-state index contributed by atoms with van der Waals surface area (Å²) in [6, 6.07) is 23.9. The fourth-order valence-corrected chi connectivity index (χ4v) is 6.86. The van der Waals surface area contributed by atoms with Crippen molar-refractivity contribution in [3.63, 3.8) is 0 Å². The van der Waals surface area contributed by atoms with Crippen molar-refractivity contribution in [3.05, 3.63) is 123 Å². The average Bonchev–Trinajstić information content (AvgIpc) is 3.48. The third-order valence-electron chi connectivity index (χ3n) is 9.20. The Labute approximate surface area is 329 Å². The smallest absolute Gasteiger partial charge is 0.332 e. The molecule has 0 aliphatic carbocycles. The maximum Gasteiger partial charge on any atom is 0.332 e. The van der Waals surface area contributed by atoms with Crippen LogP contribution in [0.25, 0.3) is 5.65 Å². The molecular weight excluding hydrogens is 747 g/mol. The van der Waals surface area contributed by atoms with E-state index in [9.17, 15) is 9.59 Å². The Morgan fingerprint density at radius 2 is 1.56 bits per heavy atom. The fourth-order valence-electron chi connectivity index (χ4n) is 6.36. The number of fused-ring (bicyclic) bond motifs is 3. The fraction of sp³-hybridized carbons (Fsp3) is 0.341. The third-order valence-corrected chi connectivity index (χ3v) is 9.83. The summed E-state index contributed by atoms with van der Waals surface area (Å²) in [5.41, 5.74) is 7.28. The van der Waals surface area contributed by atoms with Gasteiger partial charge in [-0.3, -0.25) is 4.79 Å². The van der Waals surface area contributed by atoms with Crippen LogP contribution in [0.15, 0.2) is 85.1 Å². The molecule has 0 bridgehead atoms. The molecule has 0 saturated heterocycles. The number of aryl methyl sites for hydroxylation is 2. The van der Waals surface area contributed by atoms with E-state index in [0.717, 1.165) is 39.4 Å². The Hall–Kier alpha value is -4.69. The highest BCUT2D eigenvalue weighted by Gasteiger charge is 2.42. The molecule has 3 atom stereocenters. The van der Waals surface area contributed by atoms with Gasteiger partial charge in [-0.15, -0.1) is 0 Å². The van der Waals surface area contributed by atoms with Gasteiger partial charge in [0, 0.05) is 30.3 Å². The number of nitrogens with zero attached hydrogens (tertiary/aromatic N) is 2. The number of halogens is 2. The SMILES string of the molecule is COCCO[C@@H]1c2ccn3c(C)c(C)nc3c2N[C@H](c2ccccc2)[C@H]1OC(=O)COCCOCCOC(=O)Cc1ccccc1Nc1c(Cl)cccc1Cl. The van der Waals surface area contributed by atoms with Crippen molar-refractivity contribution in [2.45, 2.75) is 38.5 Å². The molecular formula is C41H44Cl2N4O8. The quantitative estimate of drug-likeness (QED) is 0.0672. The predicted octanol–water partition coefficient (Wildman–Crippen LogP) is 7.60. The van der Waals surface area contributed by atoms with Crippen LogP contribution in [0.1, 0.15) is 40.2 Å². The molecule has 5 aromatic rings. The molecule has 1 aliphatic rings. The third kappa shape index (κ3) is 9.95. The van der Waals surface area contributed by atoms with E-state index >= 15 is 0 Å². The number of aromatic nitrogens is 2. The molecule has 1 aliphatic heterocycles. The number of rotatable bonds is 18. The van der Waals surface area contributed by atoms with Gasteiger partial charge in [0.2, 0.25) is 0 Å². The van der Waals surface area contributed by atoms with E-state index in [1.165, 1.54) is 0 Å². The lowest BCUT2D eigenvalue weighted by Crippen LogP contribution is -2.41. The first-order valence-electron chi connectivity index (χ1n) is 17.9. The summed E-state index contributed by atoms with van der Waals surface area (Å²) in [4.78, 5) is 30.7. The van der Waals surface area contributed by atoms with Crippen LogP contribution in [0.3, 0.4) is 0 Å². The van der Waals surface area contributed by atoms with Crippen LogP contribution in [0.5, 0.6) is 0 Å².